The van der Waals surface area contributed by atoms with Gasteiger partial charge in [-0.25, -0.2) is 8.78 Å². The smallest absolute Gasteiger partial charge is 0.183 e. The SMILES string of the molecule is Cc1cc(C(=O)CNc2c(F)cccc2F)c(C)n1C1CC1. The Kier molecular flexibility index (Phi) is 3.72. The molecule has 0 bridgehead atoms. The Hall–Kier alpha value is -2.17. The lowest BCUT2D eigenvalue weighted by Gasteiger charge is -2.09. The zero-order valence-corrected chi connectivity index (χ0v) is 12.6. The highest BCUT2D eigenvalue weighted by atomic mass is 19.1. The molecule has 116 valence electrons. The molecule has 3 nitrogen and oxygen atoms in total. The van der Waals surface area contributed by atoms with Crippen molar-refractivity contribution < 1.29 is 13.6 Å². The van der Waals surface area contributed by atoms with Crippen LogP contribution in [0.25, 0.3) is 0 Å². The van der Waals surface area contributed by atoms with Crippen LogP contribution < -0.4 is 5.32 Å². The minimum atomic E-state index is -0.698. The number of Topliss-reactive ketones (excluding diaryl/α,β-unsaturated/α-hetero) is 1. The van der Waals surface area contributed by atoms with Gasteiger partial charge in [-0.1, -0.05) is 6.07 Å². The molecule has 5 heteroatoms. The second-order valence-electron chi connectivity index (χ2n) is 5.76. The monoisotopic (exact) mass is 304 g/mol. The van der Waals surface area contributed by atoms with Crippen LogP contribution in [-0.4, -0.2) is 16.9 Å². The van der Waals surface area contributed by atoms with E-state index >= 15 is 0 Å². The van der Waals surface area contributed by atoms with Crippen LogP contribution in [0, 0.1) is 25.5 Å². The van der Waals surface area contributed by atoms with Crippen molar-refractivity contribution in [1.82, 2.24) is 4.57 Å². The van der Waals surface area contributed by atoms with Crippen molar-refractivity contribution in [3.05, 3.63) is 52.9 Å². The van der Waals surface area contributed by atoms with E-state index in [0.717, 1.165) is 36.4 Å². The third-order valence-corrected chi connectivity index (χ3v) is 4.09. The standard InChI is InChI=1S/C17H18F2N2O/c1-10-8-13(11(2)21(10)12-6-7-12)16(22)9-20-17-14(18)4-3-5-15(17)19/h3-5,8,12,20H,6-7,9H2,1-2H3. The quantitative estimate of drug-likeness (QED) is 0.847. The molecule has 1 fully saturated rings. The van der Waals surface area contributed by atoms with E-state index in [4.69, 9.17) is 0 Å². The molecule has 0 amide bonds. The number of anilines is 1. The number of aryl methyl sites for hydroxylation is 1. The van der Waals surface area contributed by atoms with Gasteiger partial charge in [0.2, 0.25) is 0 Å². The van der Waals surface area contributed by atoms with Crippen molar-refractivity contribution in [3.63, 3.8) is 0 Å². The van der Waals surface area contributed by atoms with Gasteiger partial charge in [0, 0.05) is 23.0 Å². The molecule has 1 aliphatic carbocycles. The minimum Gasteiger partial charge on any atom is -0.373 e. The van der Waals surface area contributed by atoms with Gasteiger partial charge >= 0.3 is 0 Å². The molecule has 1 heterocycles. The molecular weight excluding hydrogens is 286 g/mol. The Morgan fingerprint density at radius 3 is 2.50 bits per heavy atom. The van der Waals surface area contributed by atoms with Crippen LogP contribution in [-0.2, 0) is 0 Å². The molecule has 0 saturated heterocycles. The lowest BCUT2D eigenvalue weighted by Crippen LogP contribution is -2.16. The van der Waals surface area contributed by atoms with Gasteiger partial charge in [0.15, 0.2) is 5.78 Å². The number of hydrogen-bond donors (Lipinski definition) is 1. The number of hydrogen-bond acceptors (Lipinski definition) is 2. The third kappa shape index (κ3) is 2.63. The number of carbonyl (C=O) groups excluding carboxylic acids is 1. The van der Waals surface area contributed by atoms with Crippen LogP contribution in [0.2, 0.25) is 0 Å². The first-order chi connectivity index (χ1) is 10.5. The van der Waals surface area contributed by atoms with Crippen LogP contribution in [0.3, 0.4) is 0 Å². The van der Waals surface area contributed by atoms with E-state index in [0.29, 0.717) is 11.6 Å². The molecule has 1 N–H and O–H groups in total. The summed E-state index contributed by atoms with van der Waals surface area (Å²) in [6, 6.07) is 5.97. The van der Waals surface area contributed by atoms with Crippen molar-refractivity contribution >= 4 is 11.5 Å². The van der Waals surface area contributed by atoms with Crippen LogP contribution >= 0.6 is 0 Å². The maximum Gasteiger partial charge on any atom is 0.183 e. The summed E-state index contributed by atoms with van der Waals surface area (Å²) in [7, 11) is 0. The fourth-order valence-corrected chi connectivity index (χ4v) is 2.88. The maximum absolute atomic E-state index is 13.5. The molecule has 1 aromatic carbocycles. The summed E-state index contributed by atoms with van der Waals surface area (Å²) in [5.74, 6) is -1.56. The van der Waals surface area contributed by atoms with E-state index in [-0.39, 0.29) is 18.0 Å². The number of para-hydroxylation sites is 1. The fraction of sp³-hybridized carbons (Fsp3) is 0.353. The molecule has 1 aromatic heterocycles. The molecule has 1 aliphatic rings. The number of ketones is 1. The van der Waals surface area contributed by atoms with Crippen LogP contribution in [0.4, 0.5) is 14.5 Å². The van der Waals surface area contributed by atoms with Gasteiger partial charge in [-0.15, -0.1) is 0 Å². The molecule has 0 unspecified atom stereocenters. The third-order valence-electron chi connectivity index (χ3n) is 4.09. The number of carbonyl (C=O) groups is 1. The minimum absolute atomic E-state index is 0.132. The molecule has 22 heavy (non-hydrogen) atoms. The molecule has 0 aliphatic heterocycles. The predicted octanol–water partition coefficient (Wildman–Crippen LogP) is 4.01. The zero-order valence-electron chi connectivity index (χ0n) is 12.6. The molecular formula is C17H18F2N2O. The summed E-state index contributed by atoms with van der Waals surface area (Å²) < 4.78 is 29.3. The number of aromatic nitrogens is 1. The molecule has 0 spiro atoms. The molecule has 1 saturated carbocycles. The number of rotatable bonds is 5. The normalized spacial score (nSPS) is 14.2. The zero-order chi connectivity index (χ0) is 15.9. The molecule has 3 rings (SSSR count). The predicted molar refractivity (Wildman–Crippen MR) is 81.4 cm³/mol. The van der Waals surface area contributed by atoms with E-state index in [2.05, 4.69) is 9.88 Å². The molecule has 0 atom stereocenters. The Labute approximate surface area is 127 Å². The number of nitrogens with one attached hydrogen (secondary N) is 1. The summed E-state index contributed by atoms with van der Waals surface area (Å²) in [6.07, 6.45) is 2.28. The van der Waals surface area contributed by atoms with E-state index < -0.39 is 11.6 Å². The highest BCUT2D eigenvalue weighted by molar-refractivity contribution is 6.00. The van der Waals surface area contributed by atoms with Gasteiger partial charge in [0.05, 0.1) is 6.54 Å². The van der Waals surface area contributed by atoms with Crippen molar-refractivity contribution in [2.75, 3.05) is 11.9 Å². The Morgan fingerprint density at radius 2 is 1.91 bits per heavy atom. The Bertz CT molecular complexity index is 712. The average molecular weight is 304 g/mol. The van der Waals surface area contributed by atoms with Crippen molar-refractivity contribution in [1.29, 1.82) is 0 Å². The van der Waals surface area contributed by atoms with Gasteiger partial charge in [-0.3, -0.25) is 4.79 Å². The molecule has 0 radical (unpaired) electrons. The number of halogens is 2. The summed E-state index contributed by atoms with van der Waals surface area (Å²) in [6.45, 7) is 3.76. The fourth-order valence-electron chi connectivity index (χ4n) is 2.88. The lowest BCUT2D eigenvalue weighted by atomic mass is 10.1. The molecule has 2 aromatic rings. The first-order valence-electron chi connectivity index (χ1n) is 7.38. The summed E-state index contributed by atoms with van der Waals surface area (Å²) in [5.41, 5.74) is 2.35. The van der Waals surface area contributed by atoms with Crippen LogP contribution in [0.5, 0.6) is 0 Å². The second kappa shape index (κ2) is 5.55. The van der Waals surface area contributed by atoms with Crippen LogP contribution in [0.15, 0.2) is 24.3 Å². The Balaban J connectivity index is 1.77. The first-order valence-corrected chi connectivity index (χ1v) is 7.38. The Morgan fingerprint density at radius 1 is 1.27 bits per heavy atom. The van der Waals surface area contributed by atoms with Gasteiger partial charge in [-0.05, 0) is 44.9 Å². The van der Waals surface area contributed by atoms with Crippen molar-refractivity contribution in [3.8, 4) is 0 Å². The van der Waals surface area contributed by atoms with Gasteiger partial charge in [0.1, 0.15) is 17.3 Å². The highest BCUT2D eigenvalue weighted by Gasteiger charge is 2.28. The van der Waals surface area contributed by atoms with E-state index in [1.807, 2.05) is 19.9 Å². The van der Waals surface area contributed by atoms with Gasteiger partial charge < -0.3 is 9.88 Å². The summed E-state index contributed by atoms with van der Waals surface area (Å²) in [5, 5.41) is 2.57. The summed E-state index contributed by atoms with van der Waals surface area (Å²) in [4.78, 5) is 12.3. The summed E-state index contributed by atoms with van der Waals surface area (Å²) >= 11 is 0. The van der Waals surface area contributed by atoms with Gasteiger partial charge in [0.25, 0.3) is 0 Å². The largest absolute Gasteiger partial charge is 0.373 e. The average Bonchev–Trinajstić information content (AvgIpc) is 3.24. The van der Waals surface area contributed by atoms with Crippen molar-refractivity contribution in [2.45, 2.75) is 32.7 Å². The van der Waals surface area contributed by atoms with E-state index in [9.17, 15) is 13.6 Å². The maximum atomic E-state index is 13.5. The van der Waals surface area contributed by atoms with E-state index in [1.165, 1.54) is 6.07 Å². The highest BCUT2D eigenvalue weighted by Crippen LogP contribution is 2.38. The second-order valence-corrected chi connectivity index (χ2v) is 5.76. The van der Waals surface area contributed by atoms with E-state index in [1.54, 1.807) is 0 Å². The number of nitrogens with zero attached hydrogens (tertiary/aromatic N) is 1. The topological polar surface area (TPSA) is 34.0 Å². The van der Waals surface area contributed by atoms with Crippen LogP contribution in [0.1, 0.15) is 40.6 Å². The van der Waals surface area contributed by atoms with Gasteiger partial charge in [-0.2, -0.15) is 0 Å². The first kappa shape index (κ1) is 14.8. The van der Waals surface area contributed by atoms with Crippen molar-refractivity contribution in [2.24, 2.45) is 0 Å². The lowest BCUT2D eigenvalue weighted by molar-refractivity contribution is 0.101. The number of benzene rings is 1.